The standard InChI is InChI=1S/C17H25N3O2/c1-12-7-4-5-10-15(12)19-17(22)18-14-9-6-8-13(11-14)16(21)20(2)3/h6,8-9,11-12,15H,4-5,7,10H2,1-3H3,(H2,18,19,22)/t12-,15+/m0/s1. The number of anilines is 1. The van der Waals surface area contributed by atoms with Gasteiger partial charge in [0.25, 0.3) is 5.91 Å². The molecule has 5 heteroatoms. The SMILES string of the molecule is C[C@H]1CCCC[C@H]1NC(=O)Nc1cccc(C(=O)N(C)C)c1. The van der Waals surface area contributed by atoms with Crippen molar-refractivity contribution in [2.75, 3.05) is 19.4 Å². The fourth-order valence-electron chi connectivity index (χ4n) is 2.85. The molecule has 0 heterocycles. The van der Waals surface area contributed by atoms with Crippen LogP contribution in [0.5, 0.6) is 0 Å². The molecule has 1 aromatic rings. The molecule has 5 nitrogen and oxygen atoms in total. The Morgan fingerprint density at radius 2 is 1.91 bits per heavy atom. The monoisotopic (exact) mass is 303 g/mol. The predicted octanol–water partition coefficient (Wildman–Crippen LogP) is 3.09. The molecule has 0 spiro atoms. The molecule has 2 N–H and O–H groups in total. The van der Waals surface area contributed by atoms with Crippen LogP contribution in [0.4, 0.5) is 10.5 Å². The lowest BCUT2D eigenvalue weighted by Crippen LogP contribution is -2.43. The summed E-state index contributed by atoms with van der Waals surface area (Å²) in [6, 6.07) is 7.04. The maximum absolute atomic E-state index is 12.1. The van der Waals surface area contributed by atoms with Crippen molar-refractivity contribution in [2.24, 2.45) is 5.92 Å². The summed E-state index contributed by atoms with van der Waals surface area (Å²) in [5.41, 5.74) is 1.20. The van der Waals surface area contributed by atoms with E-state index in [0.717, 1.165) is 12.8 Å². The first-order valence-electron chi connectivity index (χ1n) is 7.86. The van der Waals surface area contributed by atoms with Crippen LogP contribution in [0, 0.1) is 5.92 Å². The average molecular weight is 303 g/mol. The first kappa shape index (κ1) is 16.3. The third kappa shape index (κ3) is 4.23. The van der Waals surface area contributed by atoms with Gasteiger partial charge in [0.15, 0.2) is 0 Å². The van der Waals surface area contributed by atoms with E-state index in [1.807, 2.05) is 0 Å². The van der Waals surface area contributed by atoms with Gasteiger partial charge in [-0.05, 0) is 37.0 Å². The van der Waals surface area contributed by atoms with Crippen molar-refractivity contribution in [2.45, 2.75) is 38.6 Å². The van der Waals surface area contributed by atoms with Crippen LogP contribution in [-0.2, 0) is 0 Å². The van der Waals surface area contributed by atoms with Crippen molar-refractivity contribution in [3.63, 3.8) is 0 Å². The minimum atomic E-state index is -0.201. The van der Waals surface area contributed by atoms with Gasteiger partial charge in [-0.15, -0.1) is 0 Å². The van der Waals surface area contributed by atoms with Gasteiger partial charge in [0, 0.05) is 31.4 Å². The lowest BCUT2D eigenvalue weighted by molar-refractivity contribution is 0.0827. The Morgan fingerprint density at radius 1 is 1.18 bits per heavy atom. The number of carbonyl (C=O) groups is 2. The summed E-state index contributed by atoms with van der Waals surface area (Å²) in [7, 11) is 3.42. The second-order valence-corrected chi connectivity index (χ2v) is 6.25. The lowest BCUT2D eigenvalue weighted by Gasteiger charge is -2.29. The smallest absolute Gasteiger partial charge is 0.319 e. The van der Waals surface area contributed by atoms with Crippen LogP contribution in [0.1, 0.15) is 43.0 Å². The zero-order valence-electron chi connectivity index (χ0n) is 13.6. The number of rotatable bonds is 3. The van der Waals surface area contributed by atoms with Crippen molar-refractivity contribution in [1.82, 2.24) is 10.2 Å². The van der Waals surface area contributed by atoms with Crippen LogP contribution in [-0.4, -0.2) is 37.0 Å². The zero-order chi connectivity index (χ0) is 16.1. The molecule has 3 amide bonds. The Morgan fingerprint density at radius 3 is 2.59 bits per heavy atom. The van der Waals surface area contributed by atoms with E-state index in [0.29, 0.717) is 17.2 Å². The summed E-state index contributed by atoms with van der Waals surface area (Å²) in [5.74, 6) is 0.436. The van der Waals surface area contributed by atoms with Crippen LogP contribution in [0.2, 0.25) is 0 Å². The van der Waals surface area contributed by atoms with Gasteiger partial charge in [0.05, 0.1) is 0 Å². The summed E-state index contributed by atoms with van der Waals surface area (Å²) in [4.78, 5) is 25.6. The van der Waals surface area contributed by atoms with Crippen molar-refractivity contribution in [1.29, 1.82) is 0 Å². The van der Waals surface area contributed by atoms with E-state index < -0.39 is 0 Å². The molecular weight excluding hydrogens is 278 g/mol. The molecule has 2 rings (SSSR count). The molecule has 1 aromatic carbocycles. The van der Waals surface area contributed by atoms with Gasteiger partial charge in [-0.1, -0.05) is 25.8 Å². The third-order valence-corrected chi connectivity index (χ3v) is 4.20. The largest absolute Gasteiger partial charge is 0.345 e. The van der Waals surface area contributed by atoms with Crippen LogP contribution in [0.3, 0.4) is 0 Å². The second kappa shape index (κ2) is 7.29. The minimum Gasteiger partial charge on any atom is -0.345 e. The Bertz CT molecular complexity index is 542. The van der Waals surface area contributed by atoms with E-state index in [-0.39, 0.29) is 18.0 Å². The van der Waals surface area contributed by atoms with E-state index in [2.05, 4.69) is 17.6 Å². The molecule has 1 aliphatic carbocycles. The van der Waals surface area contributed by atoms with Crippen molar-refractivity contribution in [3.05, 3.63) is 29.8 Å². The summed E-state index contributed by atoms with van der Waals surface area (Å²) in [6.45, 7) is 2.18. The van der Waals surface area contributed by atoms with Gasteiger partial charge in [0.1, 0.15) is 0 Å². The number of hydrogen-bond donors (Lipinski definition) is 2. The topological polar surface area (TPSA) is 61.4 Å². The van der Waals surface area contributed by atoms with Crippen LogP contribution < -0.4 is 10.6 Å². The molecule has 22 heavy (non-hydrogen) atoms. The number of urea groups is 1. The lowest BCUT2D eigenvalue weighted by atomic mass is 9.86. The van der Waals surface area contributed by atoms with E-state index in [1.165, 1.54) is 17.7 Å². The first-order chi connectivity index (χ1) is 10.5. The van der Waals surface area contributed by atoms with Gasteiger partial charge in [0.2, 0.25) is 0 Å². The van der Waals surface area contributed by atoms with Gasteiger partial charge in [-0.3, -0.25) is 4.79 Å². The molecule has 1 aliphatic rings. The maximum atomic E-state index is 12.1. The highest BCUT2D eigenvalue weighted by atomic mass is 16.2. The molecule has 2 atom stereocenters. The summed E-state index contributed by atoms with van der Waals surface area (Å²) in [5, 5.41) is 5.87. The zero-order valence-corrected chi connectivity index (χ0v) is 13.6. The Kier molecular flexibility index (Phi) is 5.41. The van der Waals surface area contributed by atoms with Crippen molar-refractivity contribution >= 4 is 17.6 Å². The average Bonchev–Trinajstić information content (AvgIpc) is 2.49. The first-order valence-corrected chi connectivity index (χ1v) is 7.86. The summed E-state index contributed by atoms with van der Waals surface area (Å²) in [6.07, 6.45) is 4.61. The second-order valence-electron chi connectivity index (χ2n) is 6.25. The Hall–Kier alpha value is -2.04. The van der Waals surface area contributed by atoms with E-state index in [9.17, 15) is 9.59 Å². The van der Waals surface area contributed by atoms with Gasteiger partial charge < -0.3 is 15.5 Å². The fourth-order valence-corrected chi connectivity index (χ4v) is 2.85. The highest BCUT2D eigenvalue weighted by molar-refractivity contribution is 5.96. The Balaban J connectivity index is 1.96. The van der Waals surface area contributed by atoms with Crippen LogP contribution in [0.15, 0.2) is 24.3 Å². The molecule has 0 unspecified atom stereocenters. The number of hydrogen-bond acceptors (Lipinski definition) is 2. The predicted molar refractivity (Wildman–Crippen MR) is 88.0 cm³/mol. The summed E-state index contributed by atoms with van der Waals surface area (Å²) < 4.78 is 0. The van der Waals surface area contributed by atoms with Crippen LogP contribution in [0.25, 0.3) is 0 Å². The molecule has 0 aliphatic heterocycles. The van der Waals surface area contributed by atoms with E-state index in [1.54, 1.807) is 38.4 Å². The number of amides is 3. The van der Waals surface area contributed by atoms with Gasteiger partial charge in [-0.2, -0.15) is 0 Å². The number of nitrogens with zero attached hydrogens (tertiary/aromatic N) is 1. The summed E-state index contributed by atoms with van der Waals surface area (Å²) >= 11 is 0. The number of carbonyl (C=O) groups excluding carboxylic acids is 2. The van der Waals surface area contributed by atoms with Gasteiger partial charge >= 0.3 is 6.03 Å². The molecule has 1 saturated carbocycles. The number of benzene rings is 1. The number of nitrogens with one attached hydrogen (secondary N) is 2. The maximum Gasteiger partial charge on any atom is 0.319 e. The molecule has 0 aromatic heterocycles. The molecule has 0 radical (unpaired) electrons. The van der Waals surface area contributed by atoms with E-state index in [4.69, 9.17) is 0 Å². The quantitative estimate of drug-likeness (QED) is 0.901. The minimum absolute atomic E-state index is 0.0787. The van der Waals surface area contributed by atoms with Crippen LogP contribution >= 0.6 is 0 Å². The molecular formula is C17H25N3O2. The van der Waals surface area contributed by atoms with Gasteiger partial charge in [-0.25, -0.2) is 4.79 Å². The Labute approximate surface area is 132 Å². The van der Waals surface area contributed by atoms with E-state index >= 15 is 0 Å². The molecule has 1 fully saturated rings. The normalized spacial score (nSPS) is 21.0. The molecule has 0 bridgehead atoms. The molecule has 120 valence electrons. The van der Waals surface area contributed by atoms with Crippen molar-refractivity contribution in [3.8, 4) is 0 Å². The molecule has 0 saturated heterocycles. The fraction of sp³-hybridized carbons (Fsp3) is 0.529. The highest BCUT2D eigenvalue weighted by Gasteiger charge is 2.22. The van der Waals surface area contributed by atoms with Crippen molar-refractivity contribution < 1.29 is 9.59 Å². The third-order valence-electron chi connectivity index (χ3n) is 4.20. The highest BCUT2D eigenvalue weighted by Crippen LogP contribution is 2.23.